The minimum Gasteiger partial charge on any atom is -0.451 e. The quantitative estimate of drug-likeness (QED) is 0.492. The van der Waals surface area contributed by atoms with Crippen LogP contribution < -0.4 is 10.9 Å². The van der Waals surface area contributed by atoms with E-state index in [1.54, 1.807) is 18.2 Å². The van der Waals surface area contributed by atoms with E-state index in [0.29, 0.717) is 13.1 Å². The van der Waals surface area contributed by atoms with Gasteiger partial charge in [-0.05, 0) is 37.1 Å². The number of fused-ring (bicyclic) bond motifs is 1. The van der Waals surface area contributed by atoms with Gasteiger partial charge in [-0.2, -0.15) is 9.40 Å². The molecule has 2 heterocycles. The number of H-pyrrole nitrogens is 1. The monoisotopic (exact) mass is 504 g/mol. The first-order valence-electron chi connectivity index (χ1n) is 10.5. The summed E-state index contributed by atoms with van der Waals surface area (Å²) in [6.07, 6.45) is 2.57. The number of carbonyl (C=O) groups is 2. The fourth-order valence-corrected chi connectivity index (χ4v) is 5.38. The number of nitrogens with one attached hydrogen (secondary N) is 2. The standard InChI is InChI=1S/C22H21ClN4O6S/c23-17-9-8-14(34(31,32)27-10-4-1-5-11-27)12-18(17)24-19(28)13-33-22(30)20-15-6-2-3-7-16(15)21(29)26-25-20/h2-3,6-9,12H,1,4-5,10-11,13H2,(H,24,28)(H,26,29). The molecule has 10 nitrogen and oxygen atoms in total. The molecule has 3 aromatic rings. The minimum absolute atomic E-state index is 0.00926. The summed E-state index contributed by atoms with van der Waals surface area (Å²) in [7, 11) is -3.72. The number of halogens is 1. The van der Waals surface area contributed by atoms with Crippen molar-refractivity contribution in [1.82, 2.24) is 14.5 Å². The molecule has 0 radical (unpaired) electrons. The normalized spacial score (nSPS) is 14.6. The molecule has 1 saturated heterocycles. The third-order valence-corrected chi connectivity index (χ3v) is 7.61. The van der Waals surface area contributed by atoms with Crippen LogP contribution in [0.2, 0.25) is 5.02 Å². The van der Waals surface area contributed by atoms with Gasteiger partial charge in [-0.3, -0.25) is 9.59 Å². The molecular weight excluding hydrogens is 484 g/mol. The number of hydrogen-bond acceptors (Lipinski definition) is 7. The van der Waals surface area contributed by atoms with Crippen LogP contribution in [0.25, 0.3) is 10.8 Å². The van der Waals surface area contributed by atoms with E-state index >= 15 is 0 Å². The summed E-state index contributed by atoms with van der Waals surface area (Å²) < 4.78 is 32.3. The van der Waals surface area contributed by atoms with Gasteiger partial charge in [0.1, 0.15) is 0 Å². The molecule has 0 bridgehead atoms. The molecule has 2 N–H and O–H groups in total. The molecule has 0 atom stereocenters. The fourth-order valence-electron chi connectivity index (χ4n) is 3.67. The Morgan fingerprint density at radius 3 is 2.53 bits per heavy atom. The number of benzene rings is 2. The molecule has 1 aromatic heterocycles. The molecule has 12 heteroatoms. The van der Waals surface area contributed by atoms with E-state index in [1.807, 2.05) is 0 Å². The fraction of sp³-hybridized carbons (Fsp3) is 0.273. The van der Waals surface area contributed by atoms with Crippen LogP contribution in [0, 0.1) is 0 Å². The summed E-state index contributed by atoms with van der Waals surface area (Å²) in [5, 5.41) is 9.09. The van der Waals surface area contributed by atoms with Gasteiger partial charge in [-0.1, -0.05) is 36.2 Å². The smallest absolute Gasteiger partial charge is 0.359 e. The molecule has 1 fully saturated rings. The van der Waals surface area contributed by atoms with Gasteiger partial charge < -0.3 is 10.1 Å². The van der Waals surface area contributed by atoms with Gasteiger partial charge in [-0.25, -0.2) is 18.3 Å². The minimum atomic E-state index is -3.72. The molecular formula is C22H21ClN4O6S. The summed E-state index contributed by atoms with van der Waals surface area (Å²) in [5.74, 6) is -1.63. The maximum atomic E-state index is 12.9. The Labute approximate surface area is 199 Å². The maximum absolute atomic E-state index is 12.9. The first-order chi connectivity index (χ1) is 16.3. The van der Waals surface area contributed by atoms with Crippen molar-refractivity contribution in [3.63, 3.8) is 0 Å². The Morgan fingerprint density at radius 1 is 1.09 bits per heavy atom. The van der Waals surface area contributed by atoms with Crippen molar-refractivity contribution >= 4 is 50.0 Å². The zero-order chi connectivity index (χ0) is 24.3. The van der Waals surface area contributed by atoms with Crippen LogP contribution in [0.5, 0.6) is 0 Å². The van der Waals surface area contributed by atoms with Crippen molar-refractivity contribution in [2.45, 2.75) is 24.2 Å². The first kappa shape index (κ1) is 23.9. The number of rotatable bonds is 6. The highest BCUT2D eigenvalue weighted by Gasteiger charge is 2.27. The highest BCUT2D eigenvalue weighted by atomic mass is 35.5. The van der Waals surface area contributed by atoms with E-state index in [4.69, 9.17) is 16.3 Å². The Bertz CT molecular complexity index is 1420. The zero-order valence-electron chi connectivity index (χ0n) is 17.9. The lowest BCUT2D eigenvalue weighted by molar-refractivity contribution is -0.119. The van der Waals surface area contributed by atoms with Crippen LogP contribution >= 0.6 is 11.6 Å². The van der Waals surface area contributed by atoms with Gasteiger partial charge in [0.2, 0.25) is 10.0 Å². The van der Waals surface area contributed by atoms with Gasteiger partial charge in [0, 0.05) is 18.5 Å². The van der Waals surface area contributed by atoms with Crippen LogP contribution in [0.3, 0.4) is 0 Å². The average molecular weight is 505 g/mol. The highest BCUT2D eigenvalue weighted by Crippen LogP contribution is 2.28. The summed E-state index contributed by atoms with van der Waals surface area (Å²) in [6.45, 7) is 0.208. The lowest BCUT2D eigenvalue weighted by atomic mass is 10.1. The zero-order valence-corrected chi connectivity index (χ0v) is 19.5. The highest BCUT2D eigenvalue weighted by molar-refractivity contribution is 7.89. The number of aromatic nitrogens is 2. The number of amides is 1. The number of carbonyl (C=O) groups excluding carboxylic acids is 2. The lowest BCUT2D eigenvalue weighted by Crippen LogP contribution is -2.35. The van der Waals surface area contributed by atoms with Crippen molar-refractivity contribution < 1.29 is 22.7 Å². The predicted octanol–water partition coefficient (Wildman–Crippen LogP) is 2.55. The second kappa shape index (κ2) is 9.92. The third kappa shape index (κ3) is 4.96. The van der Waals surface area contributed by atoms with E-state index in [9.17, 15) is 22.8 Å². The molecule has 34 heavy (non-hydrogen) atoms. The topological polar surface area (TPSA) is 139 Å². The molecule has 4 rings (SSSR count). The number of sulfonamides is 1. The Kier molecular flexibility index (Phi) is 6.96. The average Bonchev–Trinajstić information content (AvgIpc) is 2.85. The van der Waals surface area contributed by atoms with Crippen LogP contribution in [0.4, 0.5) is 5.69 Å². The lowest BCUT2D eigenvalue weighted by Gasteiger charge is -2.26. The third-order valence-electron chi connectivity index (χ3n) is 5.39. The first-order valence-corrected chi connectivity index (χ1v) is 12.3. The number of nitrogens with zero attached hydrogens (tertiary/aromatic N) is 2. The van der Waals surface area contributed by atoms with Crippen LogP contribution in [-0.4, -0.2) is 54.5 Å². The van der Waals surface area contributed by atoms with E-state index in [0.717, 1.165) is 19.3 Å². The van der Waals surface area contributed by atoms with E-state index < -0.39 is 34.1 Å². The van der Waals surface area contributed by atoms with Crippen molar-refractivity contribution in [2.24, 2.45) is 0 Å². The van der Waals surface area contributed by atoms with Gasteiger partial charge in [0.25, 0.3) is 11.5 Å². The Hall–Kier alpha value is -3.28. The molecule has 0 saturated carbocycles. The van der Waals surface area contributed by atoms with E-state index in [1.165, 1.54) is 28.6 Å². The van der Waals surface area contributed by atoms with Gasteiger partial charge in [-0.15, -0.1) is 0 Å². The SMILES string of the molecule is O=C(COC(=O)c1n[nH]c(=O)c2ccccc12)Nc1cc(S(=O)(=O)N2CCCCC2)ccc1Cl. The predicted molar refractivity (Wildman–Crippen MR) is 125 cm³/mol. The Morgan fingerprint density at radius 2 is 1.79 bits per heavy atom. The van der Waals surface area contributed by atoms with Gasteiger partial charge >= 0.3 is 5.97 Å². The largest absolute Gasteiger partial charge is 0.451 e. The van der Waals surface area contributed by atoms with Crippen molar-refractivity contribution in [1.29, 1.82) is 0 Å². The second-order valence-electron chi connectivity index (χ2n) is 7.68. The number of piperidine rings is 1. The van der Waals surface area contributed by atoms with Gasteiger partial charge in [0.05, 0.1) is 21.0 Å². The summed E-state index contributed by atoms with van der Waals surface area (Å²) in [5.41, 5.74) is -0.525. The molecule has 2 aromatic carbocycles. The molecule has 0 aliphatic carbocycles. The van der Waals surface area contributed by atoms with Crippen LogP contribution in [0.15, 0.2) is 52.2 Å². The van der Waals surface area contributed by atoms with Gasteiger partial charge in [0.15, 0.2) is 12.3 Å². The molecule has 0 unspecified atom stereocenters. The van der Waals surface area contributed by atoms with Crippen molar-refractivity contribution in [2.75, 3.05) is 25.0 Å². The molecule has 1 aliphatic heterocycles. The van der Waals surface area contributed by atoms with Crippen LogP contribution in [0.1, 0.15) is 29.8 Å². The maximum Gasteiger partial charge on any atom is 0.359 e. The van der Waals surface area contributed by atoms with E-state index in [2.05, 4.69) is 15.5 Å². The molecule has 0 spiro atoms. The summed E-state index contributed by atoms with van der Waals surface area (Å²) in [4.78, 5) is 36.7. The molecule has 1 amide bonds. The second-order valence-corrected chi connectivity index (χ2v) is 10.0. The summed E-state index contributed by atoms with van der Waals surface area (Å²) in [6, 6.07) is 10.4. The Balaban J connectivity index is 1.45. The number of ether oxygens (including phenoxy) is 1. The number of anilines is 1. The summed E-state index contributed by atoms with van der Waals surface area (Å²) >= 11 is 6.14. The number of hydrogen-bond donors (Lipinski definition) is 2. The van der Waals surface area contributed by atoms with Crippen LogP contribution in [-0.2, 0) is 19.6 Å². The van der Waals surface area contributed by atoms with E-state index in [-0.39, 0.29) is 32.1 Å². The van der Waals surface area contributed by atoms with Crippen molar-refractivity contribution in [3.8, 4) is 0 Å². The number of aromatic amines is 1. The van der Waals surface area contributed by atoms with Crippen molar-refractivity contribution in [3.05, 3.63) is 63.5 Å². The molecule has 178 valence electrons. The molecule has 1 aliphatic rings. The number of esters is 1.